The molecule has 1 rings (SSSR count). The molecule has 0 aliphatic rings. The molecule has 4 nitrogen and oxygen atoms in total. The number of hydrogen-bond donors (Lipinski definition) is 1. The zero-order chi connectivity index (χ0) is 12.5. The molecule has 0 saturated heterocycles. The van der Waals surface area contributed by atoms with Crippen LogP contribution in [0.25, 0.3) is 0 Å². The highest BCUT2D eigenvalue weighted by Gasteiger charge is 1.96. The molecule has 0 aliphatic heterocycles. The largest absolute Gasteiger partial charge is 0.458 e. The fraction of sp³-hybridized carbons (Fsp3) is 0.0769. The molecule has 0 heterocycles. The Hall–Kier alpha value is -2.36. The lowest BCUT2D eigenvalue weighted by Crippen LogP contribution is -2.05. The summed E-state index contributed by atoms with van der Waals surface area (Å²) in [6, 6.07) is 9.36. The van der Waals surface area contributed by atoms with Gasteiger partial charge in [0.15, 0.2) is 0 Å². The lowest BCUT2D eigenvalue weighted by molar-refractivity contribution is -0.139. The minimum absolute atomic E-state index is 0.226. The maximum Gasteiger partial charge on any atom is 0.331 e. The normalized spacial score (nSPS) is 10.8. The number of rotatable bonds is 5. The number of carbonyl (C=O) groups is 2. The molecule has 0 aromatic heterocycles. The summed E-state index contributed by atoms with van der Waals surface area (Å²) in [5, 5.41) is 0. The van der Waals surface area contributed by atoms with E-state index in [9.17, 15) is 9.59 Å². The van der Waals surface area contributed by atoms with Crippen molar-refractivity contribution >= 4 is 11.9 Å². The predicted octanol–water partition coefficient (Wildman–Crippen LogP) is 1.33. The molecule has 0 unspecified atom stereocenters. The highest BCUT2D eigenvalue weighted by atomic mass is 16.5. The number of primary amides is 1. The van der Waals surface area contributed by atoms with Gasteiger partial charge in [-0.15, -0.1) is 0 Å². The average Bonchev–Trinajstić information content (AvgIpc) is 2.33. The molecule has 0 spiro atoms. The van der Waals surface area contributed by atoms with E-state index in [1.807, 2.05) is 30.3 Å². The number of ether oxygens (including phenoxy) is 1. The first kappa shape index (κ1) is 12.7. The average molecular weight is 231 g/mol. The van der Waals surface area contributed by atoms with Gasteiger partial charge in [0, 0.05) is 12.2 Å². The summed E-state index contributed by atoms with van der Waals surface area (Å²) in [5.41, 5.74) is 5.79. The zero-order valence-corrected chi connectivity index (χ0v) is 9.21. The van der Waals surface area contributed by atoms with Crippen molar-refractivity contribution in [3.63, 3.8) is 0 Å². The molecule has 1 aromatic rings. The number of carbonyl (C=O) groups excluding carboxylic acids is 2. The van der Waals surface area contributed by atoms with Crippen LogP contribution in [-0.2, 0) is 20.9 Å². The van der Waals surface area contributed by atoms with Crippen molar-refractivity contribution in [1.82, 2.24) is 0 Å². The number of esters is 1. The number of amides is 1. The summed E-state index contributed by atoms with van der Waals surface area (Å²) in [7, 11) is 0. The molecule has 2 N–H and O–H groups in total. The van der Waals surface area contributed by atoms with Gasteiger partial charge in [0.25, 0.3) is 0 Å². The smallest absolute Gasteiger partial charge is 0.331 e. The highest BCUT2D eigenvalue weighted by molar-refractivity contribution is 5.86. The molecule has 88 valence electrons. The van der Waals surface area contributed by atoms with Crippen molar-refractivity contribution in [2.45, 2.75) is 6.61 Å². The lowest BCUT2D eigenvalue weighted by atomic mass is 10.2. The van der Waals surface area contributed by atoms with Gasteiger partial charge in [-0.05, 0) is 5.56 Å². The van der Waals surface area contributed by atoms with Crippen LogP contribution in [0.2, 0.25) is 0 Å². The quantitative estimate of drug-likeness (QED) is 0.472. The van der Waals surface area contributed by atoms with E-state index < -0.39 is 11.9 Å². The third-order valence-electron chi connectivity index (χ3n) is 1.83. The van der Waals surface area contributed by atoms with Gasteiger partial charge in [-0.2, -0.15) is 0 Å². The Labute approximate surface area is 99.4 Å². The fourth-order valence-corrected chi connectivity index (χ4v) is 1.06. The second kappa shape index (κ2) is 7.00. The number of allylic oxidation sites excluding steroid dienone is 2. The van der Waals surface area contributed by atoms with Crippen LogP contribution in [0.4, 0.5) is 0 Å². The van der Waals surface area contributed by atoms with E-state index in [0.717, 1.165) is 11.6 Å². The van der Waals surface area contributed by atoms with E-state index in [2.05, 4.69) is 0 Å². The minimum Gasteiger partial charge on any atom is -0.458 e. The Balaban J connectivity index is 2.33. The van der Waals surface area contributed by atoms with Crippen LogP contribution in [0.3, 0.4) is 0 Å². The van der Waals surface area contributed by atoms with E-state index in [1.54, 1.807) is 0 Å². The van der Waals surface area contributed by atoms with Crippen LogP contribution in [-0.4, -0.2) is 11.9 Å². The van der Waals surface area contributed by atoms with E-state index >= 15 is 0 Å². The molecule has 17 heavy (non-hydrogen) atoms. The first-order valence-electron chi connectivity index (χ1n) is 5.03. The zero-order valence-electron chi connectivity index (χ0n) is 9.21. The van der Waals surface area contributed by atoms with Crippen molar-refractivity contribution < 1.29 is 14.3 Å². The first-order chi connectivity index (χ1) is 8.18. The predicted molar refractivity (Wildman–Crippen MR) is 63.7 cm³/mol. The molecule has 0 atom stereocenters. The van der Waals surface area contributed by atoms with Gasteiger partial charge >= 0.3 is 5.97 Å². The Kier molecular flexibility index (Phi) is 5.24. The van der Waals surface area contributed by atoms with Gasteiger partial charge in [-0.3, -0.25) is 4.79 Å². The highest BCUT2D eigenvalue weighted by Crippen LogP contribution is 2.00. The number of nitrogens with two attached hydrogens (primary N) is 1. The second-order valence-electron chi connectivity index (χ2n) is 3.21. The SMILES string of the molecule is NC(=O)C=CC=CC(=O)OCc1ccccc1. The molecule has 1 aromatic carbocycles. The third-order valence-corrected chi connectivity index (χ3v) is 1.83. The van der Waals surface area contributed by atoms with Gasteiger partial charge in [0.1, 0.15) is 6.61 Å². The van der Waals surface area contributed by atoms with Crippen LogP contribution < -0.4 is 5.73 Å². The van der Waals surface area contributed by atoms with E-state index in [0.29, 0.717) is 0 Å². The maximum atomic E-state index is 11.2. The second-order valence-corrected chi connectivity index (χ2v) is 3.21. The molecule has 0 bridgehead atoms. The summed E-state index contributed by atoms with van der Waals surface area (Å²) in [6.45, 7) is 0.226. The molecular formula is C13H13NO3. The van der Waals surface area contributed by atoms with Crippen LogP contribution >= 0.6 is 0 Å². The summed E-state index contributed by atoms with van der Waals surface area (Å²) in [6.07, 6.45) is 5.16. The lowest BCUT2D eigenvalue weighted by Gasteiger charge is -2.00. The number of benzene rings is 1. The standard InChI is InChI=1S/C13H13NO3/c14-12(15)8-4-5-9-13(16)17-10-11-6-2-1-3-7-11/h1-9H,10H2,(H2,14,15). The van der Waals surface area contributed by atoms with E-state index in [4.69, 9.17) is 10.5 Å². The van der Waals surface area contributed by atoms with Crippen molar-refractivity contribution in [2.75, 3.05) is 0 Å². The summed E-state index contributed by atoms with van der Waals surface area (Å²) < 4.78 is 4.96. The van der Waals surface area contributed by atoms with Crippen LogP contribution in [0, 0.1) is 0 Å². The van der Waals surface area contributed by atoms with Crippen LogP contribution in [0.15, 0.2) is 54.6 Å². The van der Waals surface area contributed by atoms with Gasteiger partial charge in [0.05, 0.1) is 0 Å². The monoisotopic (exact) mass is 231 g/mol. The van der Waals surface area contributed by atoms with Crippen LogP contribution in [0.5, 0.6) is 0 Å². The maximum absolute atomic E-state index is 11.2. The topological polar surface area (TPSA) is 69.4 Å². The Morgan fingerprint density at radius 3 is 2.41 bits per heavy atom. The molecule has 0 fully saturated rings. The third kappa shape index (κ3) is 5.94. The van der Waals surface area contributed by atoms with E-state index in [1.165, 1.54) is 18.2 Å². The van der Waals surface area contributed by atoms with Gasteiger partial charge in [-0.25, -0.2) is 4.79 Å². The Morgan fingerprint density at radius 2 is 1.76 bits per heavy atom. The fourth-order valence-electron chi connectivity index (χ4n) is 1.06. The molecule has 0 saturated carbocycles. The molecule has 0 radical (unpaired) electrons. The summed E-state index contributed by atoms with van der Waals surface area (Å²) in [5.74, 6) is -1.03. The number of hydrogen-bond acceptors (Lipinski definition) is 3. The molecule has 1 amide bonds. The summed E-state index contributed by atoms with van der Waals surface area (Å²) >= 11 is 0. The minimum atomic E-state index is -0.563. The van der Waals surface area contributed by atoms with Crippen molar-refractivity contribution in [2.24, 2.45) is 5.73 Å². The van der Waals surface area contributed by atoms with Crippen LogP contribution in [0.1, 0.15) is 5.56 Å². The molecular weight excluding hydrogens is 218 g/mol. The van der Waals surface area contributed by atoms with Crippen molar-refractivity contribution in [3.8, 4) is 0 Å². The van der Waals surface area contributed by atoms with Crippen molar-refractivity contribution in [1.29, 1.82) is 0 Å². The summed E-state index contributed by atoms with van der Waals surface area (Å²) in [4.78, 5) is 21.5. The van der Waals surface area contributed by atoms with Gasteiger partial charge in [-0.1, -0.05) is 42.5 Å². The molecule has 4 heteroatoms. The first-order valence-corrected chi connectivity index (χ1v) is 5.03. The van der Waals surface area contributed by atoms with E-state index in [-0.39, 0.29) is 6.61 Å². The molecule has 0 aliphatic carbocycles. The Morgan fingerprint density at radius 1 is 1.12 bits per heavy atom. The van der Waals surface area contributed by atoms with Crippen molar-refractivity contribution in [3.05, 3.63) is 60.2 Å². The van der Waals surface area contributed by atoms with Gasteiger partial charge in [0.2, 0.25) is 5.91 Å². The Bertz CT molecular complexity index is 435. The van der Waals surface area contributed by atoms with Gasteiger partial charge < -0.3 is 10.5 Å².